The van der Waals surface area contributed by atoms with Crippen molar-refractivity contribution in [2.24, 2.45) is 0 Å². The number of ether oxygens (including phenoxy) is 1. The summed E-state index contributed by atoms with van der Waals surface area (Å²) in [6.45, 7) is 6.40. The Hall–Kier alpha value is -2.03. The van der Waals surface area contributed by atoms with Crippen molar-refractivity contribution in [3.05, 3.63) is 53.1 Å². The molecule has 0 heterocycles. The molecule has 108 valence electrons. The first-order chi connectivity index (χ1) is 9.50. The monoisotopic (exact) mass is 274 g/mol. The van der Waals surface area contributed by atoms with Crippen LogP contribution in [0.5, 0.6) is 5.75 Å². The number of carbonyl (C=O) groups excluding carboxylic acids is 1. The number of allylic oxidation sites excluding steroid dienone is 3. The molecule has 20 heavy (non-hydrogen) atoms. The van der Waals surface area contributed by atoms with Gasteiger partial charge >= 0.3 is 5.97 Å². The van der Waals surface area contributed by atoms with Crippen molar-refractivity contribution in [3.8, 4) is 5.75 Å². The van der Waals surface area contributed by atoms with Gasteiger partial charge in [0.25, 0.3) is 0 Å². The van der Waals surface area contributed by atoms with Gasteiger partial charge in [0.05, 0.1) is 0 Å². The van der Waals surface area contributed by atoms with E-state index < -0.39 is 5.97 Å². The van der Waals surface area contributed by atoms with Crippen molar-refractivity contribution in [1.82, 2.24) is 0 Å². The Balaban J connectivity index is 2.42. The van der Waals surface area contributed by atoms with Crippen LogP contribution in [0.2, 0.25) is 0 Å². The van der Waals surface area contributed by atoms with Crippen molar-refractivity contribution in [1.29, 1.82) is 0 Å². The summed E-state index contributed by atoms with van der Waals surface area (Å²) in [5.41, 5.74) is 2.69. The zero-order valence-electron chi connectivity index (χ0n) is 12.3. The van der Waals surface area contributed by atoms with Crippen LogP contribution in [0, 0.1) is 0 Å². The van der Waals surface area contributed by atoms with Gasteiger partial charge in [0.1, 0.15) is 17.9 Å². The minimum atomic E-state index is -0.503. The molecule has 0 aromatic heterocycles. The van der Waals surface area contributed by atoms with Gasteiger partial charge in [0, 0.05) is 0 Å². The molecule has 0 aliphatic rings. The molecule has 0 atom stereocenters. The molecule has 0 spiro atoms. The molecule has 0 amide bonds. The van der Waals surface area contributed by atoms with Gasteiger partial charge in [0.2, 0.25) is 0 Å². The number of rotatable bonds is 6. The predicted molar refractivity (Wildman–Crippen MR) is 80.8 cm³/mol. The summed E-state index contributed by atoms with van der Waals surface area (Å²) < 4.78 is 5.12. The van der Waals surface area contributed by atoms with Crippen LogP contribution in [-0.2, 0) is 4.74 Å². The number of phenols is 1. The van der Waals surface area contributed by atoms with Gasteiger partial charge in [-0.05, 0) is 51.8 Å². The Morgan fingerprint density at radius 2 is 1.90 bits per heavy atom. The maximum atomic E-state index is 11.7. The molecule has 0 fully saturated rings. The second kappa shape index (κ2) is 8.20. The summed E-state index contributed by atoms with van der Waals surface area (Å²) in [6, 6.07) is 6.37. The molecule has 0 aliphatic carbocycles. The lowest BCUT2D eigenvalue weighted by Crippen LogP contribution is -2.05. The van der Waals surface area contributed by atoms with E-state index in [9.17, 15) is 9.90 Å². The highest BCUT2D eigenvalue weighted by molar-refractivity contribution is 5.92. The van der Waals surface area contributed by atoms with Crippen LogP contribution in [0.25, 0.3) is 0 Å². The third-order valence-corrected chi connectivity index (χ3v) is 2.86. The number of para-hydroxylation sites is 1. The van der Waals surface area contributed by atoms with Gasteiger partial charge in [-0.2, -0.15) is 0 Å². The first-order valence-electron chi connectivity index (χ1n) is 6.75. The van der Waals surface area contributed by atoms with Gasteiger partial charge in [-0.15, -0.1) is 0 Å². The van der Waals surface area contributed by atoms with Crippen molar-refractivity contribution < 1.29 is 14.6 Å². The molecular formula is C17H22O3. The normalized spacial score (nSPS) is 11.1. The first kappa shape index (κ1) is 16.0. The Bertz CT molecular complexity index is 509. The Labute approximate surface area is 120 Å². The molecule has 0 bridgehead atoms. The maximum absolute atomic E-state index is 11.7. The van der Waals surface area contributed by atoms with Crippen LogP contribution in [0.15, 0.2) is 47.6 Å². The second-order valence-corrected chi connectivity index (χ2v) is 4.99. The van der Waals surface area contributed by atoms with Crippen LogP contribution in [0.3, 0.4) is 0 Å². The standard InChI is InChI=1S/C17H22O3/c1-13(2)7-6-8-14(3)11-12-20-17(19)15-9-4-5-10-16(15)18/h4-5,7,9-11,18H,6,8,12H2,1-3H3. The van der Waals surface area contributed by atoms with Gasteiger partial charge in [-0.25, -0.2) is 4.79 Å². The SMILES string of the molecule is CC(C)=CCCC(C)=CCOC(=O)c1ccccc1O. The van der Waals surface area contributed by atoms with Crippen molar-refractivity contribution in [3.63, 3.8) is 0 Å². The summed E-state index contributed by atoms with van der Waals surface area (Å²) >= 11 is 0. The third-order valence-electron chi connectivity index (χ3n) is 2.86. The highest BCUT2D eigenvalue weighted by Crippen LogP contribution is 2.16. The molecule has 0 radical (unpaired) electrons. The molecular weight excluding hydrogens is 252 g/mol. The van der Waals surface area contributed by atoms with E-state index in [0.29, 0.717) is 0 Å². The third kappa shape index (κ3) is 5.74. The number of aromatic hydroxyl groups is 1. The van der Waals surface area contributed by atoms with Gasteiger partial charge in [-0.1, -0.05) is 29.4 Å². The molecule has 3 heteroatoms. The van der Waals surface area contributed by atoms with E-state index >= 15 is 0 Å². The smallest absolute Gasteiger partial charge is 0.342 e. The van der Waals surface area contributed by atoms with E-state index in [0.717, 1.165) is 12.8 Å². The Morgan fingerprint density at radius 3 is 2.55 bits per heavy atom. The summed E-state index contributed by atoms with van der Waals surface area (Å²) in [5.74, 6) is -0.557. The van der Waals surface area contributed by atoms with Crippen LogP contribution in [0.1, 0.15) is 44.0 Å². The van der Waals surface area contributed by atoms with Crippen molar-refractivity contribution in [2.45, 2.75) is 33.6 Å². The lowest BCUT2D eigenvalue weighted by molar-refractivity contribution is 0.0545. The van der Waals surface area contributed by atoms with Gasteiger partial charge in [-0.3, -0.25) is 0 Å². The van der Waals surface area contributed by atoms with Crippen LogP contribution in [-0.4, -0.2) is 17.7 Å². The summed E-state index contributed by atoms with van der Waals surface area (Å²) in [5, 5.41) is 9.53. The molecule has 3 nitrogen and oxygen atoms in total. The van der Waals surface area contributed by atoms with E-state index in [2.05, 4.69) is 19.9 Å². The quantitative estimate of drug-likeness (QED) is 0.623. The maximum Gasteiger partial charge on any atom is 0.342 e. The van der Waals surface area contributed by atoms with Crippen LogP contribution in [0.4, 0.5) is 0 Å². The molecule has 0 saturated heterocycles. The zero-order valence-corrected chi connectivity index (χ0v) is 12.3. The second-order valence-electron chi connectivity index (χ2n) is 4.99. The van der Waals surface area contributed by atoms with Gasteiger partial charge in [0.15, 0.2) is 0 Å². The number of carbonyl (C=O) groups is 1. The summed E-state index contributed by atoms with van der Waals surface area (Å²) in [7, 11) is 0. The number of esters is 1. The highest BCUT2D eigenvalue weighted by Gasteiger charge is 2.10. The molecule has 1 aromatic rings. The molecule has 0 saturated carbocycles. The van der Waals surface area contributed by atoms with Crippen LogP contribution < -0.4 is 0 Å². The number of benzene rings is 1. The van der Waals surface area contributed by atoms with Crippen molar-refractivity contribution >= 4 is 5.97 Å². The zero-order chi connectivity index (χ0) is 15.0. The fourth-order valence-corrected chi connectivity index (χ4v) is 1.67. The average molecular weight is 274 g/mol. The number of hydrogen-bond acceptors (Lipinski definition) is 3. The Kier molecular flexibility index (Phi) is 6.57. The molecule has 1 aromatic carbocycles. The number of phenolic OH excluding ortho intramolecular Hbond substituents is 1. The number of hydrogen-bond donors (Lipinski definition) is 1. The predicted octanol–water partition coefficient (Wildman–Crippen LogP) is 4.24. The molecule has 0 unspecified atom stereocenters. The van der Waals surface area contributed by atoms with E-state index in [1.54, 1.807) is 18.2 Å². The minimum absolute atomic E-state index is 0.0539. The fraction of sp³-hybridized carbons (Fsp3) is 0.353. The topological polar surface area (TPSA) is 46.5 Å². The summed E-state index contributed by atoms with van der Waals surface area (Å²) in [6.07, 6.45) is 6.04. The van der Waals surface area contributed by atoms with E-state index in [1.165, 1.54) is 17.2 Å². The van der Waals surface area contributed by atoms with E-state index in [-0.39, 0.29) is 17.9 Å². The molecule has 0 aliphatic heterocycles. The first-order valence-corrected chi connectivity index (χ1v) is 6.75. The van der Waals surface area contributed by atoms with E-state index in [4.69, 9.17) is 4.74 Å². The largest absolute Gasteiger partial charge is 0.507 e. The lowest BCUT2D eigenvalue weighted by atomic mass is 10.1. The van der Waals surface area contributed by atoms with Crippen molar-refractivity contribution in [2.75, 3.05) is 6.61 Å². The van der Waals surface area contributed by atoms with E-state index in [1.807, 2.05) is 13.0 Å². The molecule has 1 N–H and O–H groups in total. The summed E-state index contributed by atoms with van der Waals surface area (Å²) in [4.78, 5) is 11.7. The molecule has 1 rings (SSSR count). The van der Waals surface area contributed by atoms with Gasteiger partial charge < -0.3 is 9.84 Å². The minimum Gasteiger partial charge on any atom is -0.507 e. The lowest BCUT2D eigenvalue weighted by Gasteiger charge is -2.05. The Morgan fingerprint density at radius 1 is 1.20 bits per heavy atom. The fourth-order valence-electron chi connectivity index (χ4n) is 1.67. The average Bonchev–Trinajstić information content (AvgIpc) is 2.38. The highest BCUT2D eigenvalue weighted by atomic mass is 16.5. The van der Waals surface area contributed by atoms with Crippen LogP contribution >= 0.6 is 0 Å².